The minimum absolute atomic E-state index is 0.182. The van der Waals surface area contributed by atoms with Gasteiger partial charge in [-0.05, 0) is 58.8 Å². The van der Waals surface area contributed by atoms with Gasteiger partial charge in [-0.15, -0.1) is 0 Å². The number of aromatic nitrogens is 2. The minimum atomic E-state index is -0.190. The van der Waals surface area contributed by atoms with E-state index in [-0.39, 0.29) is 11.9 Å². The van der Waals surface area contributed by atoms with Crippen LogP contribution in [0.3, 0.4) is 0 Å². The van der Waals surface area contributed by atoms with Gasteiger partial charge < -0.3 is 5.32 Å². The number of hydrogen-bond donors (Lipinski definition) is 1. The van der Waals surface area contributed by atoms with Crippen LogP contribution in [0.2, 0.25) is 0 Å². The van der Waals surface area contributed by atoms with E-state index in [4.69, 9.17) is 0 Å². The highest BCUT2D eigenvalue weighted by Crippen LogP contribution is 2.24. The van der Waals surface area contributed by atoms with Gasteiger partial charge in [-0.25, -0.2) is 4.39 Å². The molecule has 0 aliphatic carbocycles. The van der Waals surface area contributed by atoms with Crippen molar-refractivity contribution in [2.24, 2.45) is 7.05 Å². The predicted octanol–water partition coefficient (Wildman–Crippen LogP) is 3.06. The second-order valence-electron chi connectivity index (χ2n) is 4.50. The molecule has 0 aliphatic rings. The molecular formula is C14H17FIN3. The molecule has 1 atom stereocenters. The fourth-order valence-electron chi connectivity index (χ4n) is 2.14. The molecule has 0 aliphatic heterocycles. The normalized spacial score (nSPS) is 12.6. The first-order valence-electron chi connectivity index (χ1n) is 6.26. The maximum absolute atomic E-state index is 13.2. The average Bonchev–Trinajstić information content (AvgIpc) is 2.74. The van der Waals surface area contributed by atoms with Crippen molar-refractivity contribution in [3.8, 4) is 0 Å². The SMILES string of the molecule is CCNC(Cc1cnn(C)c1)c1ccc(F)cc1I. The van der Waals surface area contributed by atoms with Crippen LogP contribution in [0.5, 0.6) is 0 Å². The maximum Gasteiger partial charge on any atom is 0.124 e. The molecule has 102 valence electrons. The van der Waals surface area contributed by atoms with Crippen molar-refractivity contribution in [2.75, 3.05) is 6.54 Å². The van der Waals surface area contributed by atoms with Crippen LogP contribution >= 0.6 is 22.6 Å². The first kappa shape index (κ1) is 14.5. The molecule has 1 unspecified atom stereocenters. The number of likely N-dealkylation sites (N-methyl/N-ethyl adjacent to an activating group) is 1. The number of hydrogen-bond acceptors (Lipinski definition) is 2. The molecule has 19 heavy (non-hydrogen) atoms. The third kappa shape index (κ3) is 3.76. The highest BCUT2D eigenvalue weighted by Gasteiger charge is 2.15. The lowest BCUT2D eigenvalue weighted by molar-refractivity contribution is 0.544. The fraction of sp³-hybridized carbons (Fsp3) is 0.357. The molecule has 0 spiro atoms. The molecule has 1 aromatic carbocycles. The summed E-state index contributed by atoms with van der Waals surface area (Å²) in [6.45, 7) is 2.95. The number of nitrogens with zero attached hydrogens (tertiary/aromatic N) is 2. The predicted molar refractivity (Wildman–Crippen MR) is 82.4 cm³/mol. The van der Waals surface area contributed by atoms with E-state index >= 15 is 0 Å². The smallest absolute Gasteiger partial charge is 0.124 e. The average molecular weight is 373 g/mol. The van der Waals surface area contributed by atoms with E-state index in [1.165, 1.54) is 11.6 Å². The zero-order chi connectivity index (χ0) is 13.8. The molecule has 5 heteroatoms. The van der Waals surface area contributed by atoms with Crippen LogP contribution in [-0.2, 0) is 13.5 Å². The van der Waals surface area contributed by atoms with Gasteiger partial charge in [-0.1, -0.05) is 13.0 Å². The Balaban J connectivity index is 2.23. The molecule has 2 aromatic rings. The highest BCUT2D eigenvalue weighted by molar-refractivity contribution is 14.1. The van der Waals surface area contributed by atoms with E-state index in [9.17, 15) is 4.39 Å². The van der Waals surface area contributed by atoms with Crippen LogP contribution in [0, 0.1) is 9.39 Å². The number of aryl methyl sites for hydroxylation is 1. The second kappa shape index (κ2) is 6.47. The lowest BCUT2D eigenvalue weighted by Crippen LogP contribution is -2.23. The van der Waals surface area contributed by atoms with Crippen LogP contribution in [0.4, 0.5) is 4.39 Å². The molecule has 1 heterocycles. The standard InChI is InChI=1S/C14H17FIN3/c1-3-17-14(6-10-8-18-19(2)9-10)12-5-4-11(15)7-13(12)16/h4-5,7-9,14,17H,3,6H2,1-2H3. The number of halogens is 2. The first-order chi connectivity index (χ1) is 9.10. The Labute approximate surface area is 126 Å². The molecule has 0 saturated heterocycles. The maximum atomic E-state index is 13.2. The summed E-state index contributed by atoms with van der Waals surface area (Å²) < 4.78 is 15.9. The zero-order valence-electron chi connectivity index (χ0n) is 11.0. The Morgan fingerprint density at radius 3 is 2.84 bits per heavy atom. The van der Waals surface area contributed by atoms with Crippen LogP contribution in [0.25, 0.3) is 0 Å². The van der Waals surface area contributed by atoms with Gasteiger partial charge in [-0.3, -0.25) is 4.68 Å². The van der Waals surface area contributed by atoms with E-state index in [1.807, 2.05) is 25.5 Å². The third-order valence-corrected chi connectivity index (χ3v) is 3.92. The Hall–Kier alpha value is -0.950. The molecule has 0 fully saturated rings. The molecule has 0 radical (unpaired) electrons. The van der Waals surface area contributed by atoms with Crippen molar-refractivity contribution >= 4 is 22.6 Å². The summed E-state index contributed by atoms with van der Waals surface area (Å²) >= 11 is 2.19. The highest BCUT2D eigenvalue weighted by atomic mass is 127. The quantitative estimate of drug-likeness (QED) is 0.817. The van der Waals surface area contributed by atoms with Crippen molar-refractivity contribution in [2.45, 2.75) is 19.4 Å². The molecule has 0 bridgehead atoms. The van der Waals surface area contributed by atoms with E-state index in [2.05, 4.69) is 39.9 Å². The molecule has 1 N–H and O–H groups in total. The van der Waals surface area contributed by atoms with E-state index in [0.29, 0.717) is 0 Å². The van der Waals surface area contributed by atoms with Gasteiger partial charge >= 0.3 is 0 Å². The van der Waals surface area contributed by atoms with E-state index in [1.54, 1.807) is 10.7 Å². The third-order valence-electron chi connectivity index (χ3n) is 2.99. The summed E-state index contributed by atoms with van der Waals surface area (Å²) in [5, 5.41) is 7.64. The second-order valence-corrected chi connectivity index (χ2v) is 5.66. The van der Waals surface area contributed by atoms with Gasteiger partial charge in [0.05, 0.1) is 6.20 Å². The molecule has 1 aromatic heterocycles. The summed E-state index contributed by atoms with van der Waals surface area (Å²) in [6.07, 6.45) is 4.74. The Morgan fingerprint density at radius 2 is 2.26 bits per heavy atom. The largest absolute Gasteiger partial charge is 0.310 e. The van der Waals surface area contributed by atoms with Gasteiger partial charge in [-0.2, -0.15) is 5.10 Å². The van der Waals surface area contributed by atoms with Crippen molar-refractivity contribution in [1.29, 1.82) is 0 Å². The van der Waals surface area contributed by atoms with Gasteiger partial charge in [0, 0.05) is 22.9 Å². The minimum Gasteiger partial charge on any atom is -0.310 e. The molecular weight excluding hydrogens is 356 g/mol. The van der Waals surface area contributed by atoms with Gasteiger partial charge in [0.15, 0.2) is 0 Å². The number of rotatable bonds is 5. The number of nitrogens with one attached hydrogen (secondary N) is 1. The zero-order valence-corrected chi connectivity index (χ0v) is 13.2. The fourth-order valence-corrected chi connectivity index (χ4v) is 2.99. The molecule has 0 amide bonds. The van der Waals surface area contributed by atoms with Crippen LogP contribution in [-0.4, -0.2) is 16.3 Å². The van der Waals surface area contributed by atoms with Crippen LogP contribution < -0.4 is 5.32 Å². The van der Waals surface area contributed by atoms with Crippen molar-refractivity contribution in [1.82, 2.24) is 15.1 Å². The first-order valence-corrected chi connectivity index (χ1v) is 7.34. The topological polar surface area (TPSA) is 29.9 Å². The Morgan fingerprint density at radius 1 is 1.47 bits per heavy atom. The van der Waals surface area contributed by atoms with E-state index in [0.717, 1.165) is 22.1 Å². The summed E-state index contributed by atoms with van der Waals surface area (Å²) in [7, 11) is 1.91. The summed E-state index contributed by atoms with van der Waals surface area (Å²) in [4.78, 5) is 0. The Bertz CT molecular complexity index is 553. The van der Waals surface area contributed by atoms with Crippen LogP contribution in [0.15, 0.2) is 30.6 Å². The van der Waals surface area contributed by atoms with Gasteiger partial charge in [0.1, 0.15) is 5.82 Å². The lowest BCUT2D eigenvalue weighted by atomic mass is 10.0. The number of benzene rings is 1. The molecule has 0 saturated carbocycles. The van der Waals surface area contributed by atoms with Crippen molar-refractivity contribution < 1.29 is 4.39 Å². The van der Waals surface area contributed by atoms with Crippen LogP contribution in [0.1, 0.15) is 24.1 Å². The Kier molecular flexibility index (Phi) is 4.93. The van der Waals surface area contributed by atoms with Crippen molar-refractivity contribution in [3.05, 3.63) is 51.1 Å². The summed E-state index contributed by atoms with van der Waals surface area (Å²) in [5.74, 6) is -0.190. The molecule has 2 rings (SSSR count). The summed E-state index contributed by atoms with van der Waals surface area (Å²) in [5.41, 5.74) is 2.31. The summed E-state index contributed by atoms with van der Waals surface area (Å²) in [6, 6.07) is 5.14. The lowest BCUT2D eigenvalue weighted by Gasteiger charge is -2.19. The van der Waals surface area contributed by atoms with Gasteiger partial charge in [0.25, 0.3) is 0 Å². The van der Waals surface area contributed by atoms with Crippen molar-refractivity contribution in [3.63, 3.8) is 0 Å². The monoisotopic (exact) mass is 373 g/mol. The molecule has 3 nitrogen and oxygen atoms in total. The van der Waals surface area contributed by atoms with E-state index < -0.39 is 0 Å². The van der Waals surface area contributed by atoms with Gasteiger partial charge in [0.2, 0.25) is 0 Å².